The van der Waals surface area contributed by atoms with E-state index in [9.17, 15) is 9.90 Å². The largest absolute Gasteiger partial charge is 0.456 e. The van der Waals surface area contributed by atoms with Crippen molar-refractivity contribution in [2.75, 3.05) is 6.61 Å². The van der Waals surface area contributed by atoms with Crippen LogP contribution in [0.5, 0.6) is 0 Å². The summed E-state index contributed by atoms with van der Waals surface area (Å²) in [6.07, 6.45) is 6.34. The molecule has 4 fully saturated rings. The monoisotopic (exact) mass is 350 g/mol. The van der Waals surface area contributed by atoms with Gasteiger partial charge in [-0.1, -0.05) is 6.58 Å². The second-order valence-corrected chi connectivity index (χ2v) is 10.2. The molecule has 2 unspecified atom stereocenters. The number of aliphatic hydroxyl groups is 1. The zero-order valence-corrected chi connectivity index (χ0v) is 16.5. The Bertz CT molecular complexity index is 555. The molecule has 4 bridgehead atoms. The molecule has 1 N–H and O–H groups in total. The predicted molar refractivity (Wildman–Crippen MR) is 97.1 cm³/mol. The second kappa shape index (κ2) is 5.82. The van der Waals surface area contributed by atoms with Gasteiger partial charge < -0.3 is 14.6 Å². The maximum Gasteiger partial charge on any atom is 0.333 e. The van der Waals surface area contributed by atoms with Crippen LogP contribution >= 0.6 is 0 Å². The Morgan fingerprint density at radius 2 is 1.72 bits per heavy atom. The van der Waals surface area contributed by atoms with Crippen LogP contribution in [0.4, 0.5) is 0 Å². The average molecular weight is 350 g/mol. The molecule has 0 spiro atoms. The van der Waals surface area contributed by atoms with E-state index in [-0.39, 0.29) is 22.6 Å². The van der Waals surface area contributed by atoms with E-state index in [1.54, 1.807) is 20.8 Å². The van der Waals surface area contributed by atoms with Gasteiger partial charge in [0.05, 0.1) is 17.8 Å². The van der Waals surface area contributed by atoms with Crippen molar-refractivity contribution in [2.45, 2.75) is 89.9 Å². The summed E-state index contributed by atoms with van der Waals surface area (Å²) in [7, 11) is 0. The molecule has 0 aromatic heterocycles. The van der Waals surface area contributed by atoms with Gasteiger partial charge in [0.1, 0.15) is 5.60 Å². The summed E-state index contributed by atoms with van der Waals surface area (Å²) in [4.78, 5) is 12.3. The van der Waals surface area contributed by atoms with Gasteiger partial charge in [-0.2, -0.15) is 0 Å². The van der Waals surface area contributed by atoms with Crippen LogP contribution in [0.15, 0.2) is 12.2 Å². The van der Waals surface area contributed by atoms with E-state index in [1.807, 2.05) is 0 Å². The molecule has 4 rings (SSSR count). The summed E-state index contributed by atoms with van der Waals surface area (Å²) < 4.78 is 12.3. The lowest BCUT2D eigenvalue weighted by Crippen LogP contribution is -2.64. The summed E-state index contributed by atoms with van der Waals surface area (Å²) in [6, 6.07) is 0. The maximum absolute atomic E-state index is 12.3. The molecule has 0 amide bonds. The van der Waals surface area contributed by atoms with Crippen LogP contribution in [0.3, 0.4) is 0 Å². The minimum Gasteiger partial charge on any atom is -0.456 e. The zero-order chi connectivity index (χ0) is 18.7. The first-order valence-corrected chi connectivity index (χ1v) is 9.61. The first-order chi connectivity index (χ1) is 11.4. The molecule has 0 aromatic carbocycles. The van der Waals surface area contributed by atoms with E-state index in [2.05, 4.69) is 20.4 Å². The fourth-order valence-electron chi connectivity index (χ4n) is 5.80. The van der Waals surface area contributed by atoms with Crippen molar-refractivity contribution in [3.8, 4) is 0 Å². The number of rotatable bonds is 6. The summed E-state index contributed by atoms with van der Waals surface area (Å²) in [6.45, 7) is 13.6. The normalized spacial score (nSPS) is 37.2. The Morgan fingerprint density at radius 3 is 2.20 bits per heavy atom. The Labute approximate surface area is 152 Å². The third-order valence-corrected chi connectivity index (χ3v) is 6.73. The lowest BCUT2D eigenvalue weighted by Gasteiger charge is -2.65. The smallest absolute Gasteiger partial charge is 0.333 e. The molecule has 4 saturated carbocycles. The Kier molecular flexibility index (Phi) is 4.40. The summed E-state index contributed by atoms with van der Waals surface area (Å²) in [5, 5.41) is 10.1. The molecule has 0 aromatic rings. The lowest BCUT2D eigenvalue weighted by atomic mass is 9.44. The molecule has 0 saturated heterocycles. The number of ether oxygens (including phenoxy) is 2. The summed E-state index contributed by atoms with van der Waals surface area (Å²) in [5.41, 5.74) is -1.06. The predicted octanol–water partition coefficient (Wildman–Crippen LogP) is 4.01. The quantitative estimate of drug-likeness (QED) is 0.581. The molecule has 0 aliphatic heterocycles. The van der Waals surface area contributed by atoms with Gasteiger partial charge in [-0.3, -0.25) is 0 Å². The van der Waals surface area contributed by atoms with Crippen molar-refractivity contribution in [2.24, 2.45) is 17.3 Å². The van der Waals surface area contributed by atoms with E-state index in [0.29, 0.717) is 24.0 Å². The number of hydrogen-bond acceptors (Lipinski definition) is 4. The highest BCUT2D eigenvalue weighted by atomic mass is 16.6. The van der Waals surface area contributed by atoms with Gasteiger partial charge in [0.15, 0.2) is 0 Å². The van der Waals surface area contributed by atoms with E-state index in [0.717, 1.165) is 32.1 Å². The molecular formula is C21H34O4. The Balaban J connectivity index is 1.84. The minimum absolute atomic E-state index is 0.0116. The first kappa shape index (κ1) is 18.9. The topological polar surface area (TPSA) is 55.8 Å². The van der Waals surface area contributed by atoms with Crippen LogP contribution in [0.2, 0.25) is 0 Å². The molecule has 25 heavy (non-hydrogen) atoms. The van der Waals surface area contributed by atoms with Crippen LogP contribution in [-0.2, 0) is 14.3 Å². The van der Waals surface area contributed by atoms with Crippen LogP contribution < -0.4 is 0 Å². The van der Waals surface area contributed by atoms with Gasteiger partial charge in [0.25, 0.3) is 0 Å². The molecule has 0 heterocycles. The van der Waals surface area contributed by atoms with Crippen molar-refractivity contribution < 1.29 is 19.4 Å². The van der Waals surface area contributed by atoms with E-state index < -0.39 is 5.60 Å². The molecule has 4 aliphatic rings. The number of carbonyl (C=O) groups is 1. The second-order valence-electron chi connectivity index (χ2n) is 10.2. The zero-order valence-electron chi connectivity index (χ0n) is 16.5. The van der Waals surface area contributed by atoms with Crippen LogP contribution in [-0.4, -0.2) is 34.5 Å². The van der Waals surface area contributed by atoms with Gasteiger partial charge in [-0.15, -0.1) is 0 Å². The molecule has 4 heteroatoms. The highest BCUT2D eigenvalue weighted by Crippen LogP contribution is 2.66. The maximum atomic E-state index is 12.3. The Morgan fingerprint density at radius 1 is 1.16 bits per heavy atom. The van der Waals surface area contributed by atoms with Crippen LogP contribution in [0.25, 0.3) is 0 Å². The fraction of sp³-hybridized carbons (Fsp3) is 0.857. The third kappa shape index (κ3) is 3.52. The number of hydrogen-bond donors (Lipinski definition) is 1. The highest BCUT2D eigenvalue weighted by molar-refractivity contribution is 5.87. The van der Waals surface area contributed by atoms with Crippen molar-refractivity contribution in [1.82, 2.24) is 0 Å². The molecule has 4 aliphatic carbocycles. The summed E-state index contributed by atoms with van der Waals surface area (Å²) in [5.74, 6) is 0.945. The van der Waals surface area contributed by atoms with Crippen molar-refractivity contribution >= 4 is 5.97 Å². The van der Waals surface area contributed by atoms with Crippen LogP contribution in [0, 0.1) is 17.3 Å². The van der Waals surface area contributed by atoms with E-state index in [4.69, 9.17) is 9.47 Å². The number of carbonyl (C=O) groups excluding carboxylic acids is 1. The van der Waals surface area contributed by atoms with Gasteiger partial charge in [-0.05, 0) is 85.0 Å². The molecule has 2 atom stereocenters. The molecule has 142 valence electrons. The van der Waals surface area contributed by atoms with E-state index in [1.165, 1.54) is 6.42 Å². The SMILES string of the molecule is C=C(C)C(=O)OC12CC3CC(C1)CC(C(C)(C)OCC(C)(C)O)(C3)C2. The average Bonchev–Trinajstić information content (AvgIpc) is 2.42. The molecule has 4 nitrogen and oxygen atoms in total. The van der Waals surface area contributed by atoms with Gasteiger partial charge >= 0.3 is 5.97 Å². The van der Waals surface area contributed by atoms with Crippen molar-refractivity contribution in [3.63, 3.8) is 0 Å². The highest BCUT2D eigenvalue weighted by Gasteiger charge is 2.64. The standard InChI is InChI=1S/C21H34O4/c1-14(2)17(22)25-21-10-15-7-16(11-21)9-20(8-15,12-21)19(5,6)24-13-18(3,4)23/h15-16,23H,1,7-13H2,2-6H3. The number of esters is 1. The summed E-state index contributed by atoms with van der Waals surface area (Å²) >= 11 is 0. The third-order valence-electron chi connectivity index (χ3n) is 6.73. The van der Waals surface area contributed by atoms with Gasteiger partial charge in [0, 0.05) is 11.0 Å². The van der Waals surface area contributed by atoms with Crippen LogP contribution in [0.1, 0.15) is 73.1 Å². The fourth-order valence-corrected chi connectivity index (χ4v) is 5.80. The van der Waals surface area contributed by atoms with E-state index >= 15 is 0 Å². The van der Waals surface area contributed by atoms with Crippen molar-refractivity contribution in [1.29, 1.82) is 0 Å². The lowest BCUT2D eigenvalue weighted by molar-refractivity contribution is -0.249. The molecular weight excluding hydrogens is 316 g/mol. The minimum atomic E-state index is -0.844. The molecule has 0 radical (unpaired) electrons. The van der Waals surface area contributed by atoms with Gasteiger partial charge in [-0.25, -0.2) is 4.79 Å². The van der Waals surface area contributed by atoms with Gasteiger partial charge in [0.2, 0.25) is 0 Å². The van der Waals surface area contributed by atoms with Crippen molar-refractivity contribution in [3.05, 3.63) is 12.2 Å². The first-order valence-electron chi connectivity index (χ1n) is 9.61. The Hall–Kier alpha value is -0.870.